The molecule has 3 aromatic rings. The molecule has 2 amide bonds. The molecule has 2 aromatic heterocycles. The van der Waals surface area contributed by atoms with Gasteiger partial charge in [-0.2, -0.15) is 0 Å². The number of H-pyrrole nitrogens is 1. The molecule has 1 aliphatic rings. The van der Waals surface area contributed by atoms with Gasteiger partial charge in [0.15, 0.2) is 0 Å². The zero-order valence-corrected chi connectivity index (χ0v) is 16.1. The van der Waals surface area contributed by atoms with Crippen molar-refractivity contribution in [3.8, 4) is 22.4 Å². The summed E-state index contributed by atoms with van der Waals surface area (Å²) in [6.45, 7) is 0.921. The minimum atomic E-state index is -0.907. The number of likely N-dealkylation sites (tertiary alicyclic amines) is 1. The Balaban J connectivity index is 1.78. The average molecular weight is 408 g/mol. The van der Waals surface area contributed by atoms with Gasteiger partial charge in [-0.3, -0.25) is 9.78 Å². The fraction of sp³-hybridized carbons (Fsp3) is 0.227. The first-order valence-corrected chi connectivity index (χ1v) is 9.65. The molecule has 0 bridgehead atoms. The van der Waals surface area contributed by atoms with Crippen molar-refractivity contribution in [2.24, 2.45) is 5.73 Å². The molecule has 0 unspecified atom stereocenters. The van der Waals surface area contributed by atoms with Gasteiger partial charge < -0.3 is 20.7 Å². The highest BCUT2D eigenvalue weighted by molar-refractivity contribution is 6.01. The number of primary amides is 1. The third-order valence-corrected chi connectivity index (χ3v) is 5.55. The number of piperidine rings is 1. The summed E-state index contributed by atoms with van der Waals surface area (Å²) in [5.41, 5.74) is 9.73. The number of halogens is 1. The van der Waals surface area contributed by atoms with Crippen LogP contribution in [0.5, 0.6) is 0 Å². The number of nitrogens with one attached hydrogen (secondary N) is 1. The number of hydrogen-bond acceptors (Lipinski definition) is 3. The van der Waals surface area contributed by atoms with Gasteiger partial charge in [0.2, 0.25) is 0 Å². The summed E-state index contributed by atoms with van der Waals surface area (Å²) >= 11 is 0. The molecule has 4 rings (SSSR count). The zero-order chi connectivity index (χ0) is 21.3. The van der Waals surface area contributed by atoms with E-state index in [0.29, 0.717) is 37.1 Å². The molecule has 1 aliphatic heterocycles. The van der Waals surface area contributed by atoms with Gasteiger partial charge in [0.05, 0.1) is 11.3 Å². The van der Waals surface area contributed by atoms with Crippen molar-refractivity contribution in [2.45, 2.75) is 18.8 Å². The van der Waals surface area contributed by atoms with E-state index in [1.165, 1.54) is 23.2 Å². The number of benzene rings is 1. The van der Waals surface area contributed by atoms with Crippen molar-refractivity contribution in [1.29, 1.82) is 0 Å². The Kier molecular flexibility index (Phi) is 5.22. The summed E-state index contributed by atoms with van der Waals surface area (Å²) in [5.74, 6) is -0.775. The van der Waals surface area contributed by atoms with E-state index >= 15 is 0 Å². The normalized spacial score (nSPS) is 14.6. The molecule has 3 heterocycles. The number of rotatable bonds is 4. The van der Waals surface area contributed by atoms with E-state index in [1.807, 2.05) is 6.07 Å². The van der Waals surface area contributed by atoms with E-state index < -0.39 is 12.0 Å². The Morgan fingerprint density at radius 2 is 1.83 bits per heavy atom. The quantitative estimate of drug-likeness (QED) is 0.609. The Morgan fingerprint density at radius 1 is 1.13 bits per heavy atom. The fourth-order valence-corrected chi connectivity index (χ4v) is 3.96. The summed E-state index contributed by atoms with van der Waals surface area (Å²) in [7, 11) is 0. The number of pyridine rings is 1. The van der Waals surface area contributed by atoms with E-state index in [9.17, 15) is 19.1 Å². The zero-order valence-electron chi connectivity index (χ0n) is 16.1. The van der Waals surface area contributed by atoms with E-state index in [1.54, 1.807) is 24.4 Å². The van der Waals surface area contributed by atoms with Crippen molar-refractivity contribution < 1.29 is 19.1 Å². The first-order valence-electron chi connectivity index (χ1n) is 9.65. The predicted octanol–water partition coefficient (Wildman–Crippen LogP) is 3.84. The minimum Gasteiger partial charge on any atom is -0.465 e. The smallest absolute Gasteiger partial charge is 0.407 e. The number of hydrogen-bond donors (Lipinski definition) is 3. The predicted molar refractivity (Wildman–Crippen MR) is 110 cm³/mol. The highest BCUT2D eigenvalue weighted by atomic mass is 19.1. The first kappa shape index (κ1) is 19.6. The van der Waals surface area contributed by atoms with Gasteiger partial charge >= 0.3 is 6.09 Å². The van der Waals surface area contributed by atoms with E-state index in [2.05, 4.69) is 9.97 Å². The molecule has 154 valence electrons. The van der Waals surface area contributed by atoms with Crippen molar-refractivity contribution in [2.75, 3.05) is 13.1 Å². The topological polar surface area (TPSA) is 112 Å². The Bertz CT molecular complexity index is 1090. The molecular weight excluding hydrogens is 387 g/mol. The number of carboxylic acid groups (broad SMARTS) is 1. The summed E-state index contributed by atoms with van der Waals surface area (Å²) in [4.78, 5) is 32.0. The van der Waals surface area contributed by atoms with Gasteiger partial charge in [-0.05, 0) is 60.4 Å². The number of amides is 2. The lowest BCUT2D eigenvalue weighted by molar-refractivity contribution is 0.100. The van der Waals surface area contributed by atoms with Crippen LogP contribution in [0, 0.1) is 5.82 Å². The number of nitrogens with two attached hydrogens (primary N) is 1. The summed E-state index contributed by atoms with van der Waals surface area (Å²) in [6.07, 6.45) is 3.50. The maximum atomic E-state index is 13.5. The number of carbonyl (C=O) groups excluding carboxylic acids is 1. The molecule has 1 fully saturated rings. The van der Waals surface area contributed by atoms with Crippen LogP contribution in [0.15, 0.2) is 48.8 Å². The van der Waals surface area contributed by atoms with Crippen LogP contribution in [0.4, 0.5) is 9.18 Å². The van der Waals surface area contributed by atoms with Crippen LogP contribution in [0.3, 0.4) is 0 Å². The first-order chi connectivity index (χ1) is 14.4. The van der Waals surface area contributed by atoms with E-state index in [4.69, 9.17) is 5.73 Å². The fourth-order valence-electron chi connectivity index (χ4n) is 3.96. The van der Waals surface area contributed by atoms with E-state index in [-0.39, 0.29) is 11.7 Å². The highest BCUT2D eigenvalue weighted by Gasteiger charge is 2.26. The number of carbonyl (C=O) groups is 2. The van der Waals surface area contributed by atoms with Crippen LogP contribution >= 0.6 is 0 Å². The van der Waals surface area contributed by atoms with Crippen LogP contribution in [-0.2, 0) is 0 Å². The molecule has 4 N–H and O–H groups in total. The lowest BCUT2D eigenvalue weighted by Gasteiger charge is -2.29. The third-order valence-electron chi connectivity index (χ3n) is 5.55. The van der Waals surface area contributed by atoms with Gasteiger partial charge in [0, 0.05) is 42.7 Å². The lowest BCUT2D eigenvalue weighted by atomic mass is 9.92. The molecule has 1 aromatic carbocycles. The van der Waals surface area contributed by atoms with Crippen LogP contribution in [0.25, 0.3) is 22.4 Å². The lowest BCUT2D eigenvalue weighted by Crippen LogP contribution is -2.36. The SMILES string of the molecule is NC(=O)c1cnccc1-c1cc(C2CCN(C(=O)O)CC2)[nH]c1-c1ccc(F)cc1. The summed E-state index contributed by atoms with van der Waals surface area (Å²) in [6, 6.07) is 9.81. The Labute approximate surface area is 172 Å². The molecule has 0 spiro atoms. The molecule has 0 radical (unpaired) electrons. The van der Waals surface area contributed by atoms with Crippen LogP contribution in [0.2, 0.25) is 0 Å². The van der Waals surface area contributed by atoms with Gasteiger partial charge in [-0.25, -0.2) is 9.18 Å². The minimum absolute atomic E-state index is 0.146. The van der Waals surface area contributed by atoms with Crippen LogP contribution < -0.4 is 5.73 Å². The van der Waals surface area contributed by atoms with Crippen molar-refractivity contribution in [3.05, 3.63) is 65.9 Å². The highest BCUT2D eigenvalue weighted by Crippen LogP contribution is 2.38. The maximum Gasteiger partial charge on any atom is 0.407 e. The molecule has 30 heavy (non-hydrogen) atoms. The number of nitrogens with zero attached hydrogens (tertiary/aromatic N) is 2. The van der Waals surface area contributed by atoms with Crippen LogP contribution in [0.1, 0.15) is 34.8 Å². The van der Waals surface area contributed by atoms with Crippen molar-refractivity contribution in [1.82, 2.24) is 14.9 Å². The standard InChI is InChI=1S/C22H21FN4O3/c23-15-3-1-14(2-4-15)20-17(16-5-8-25-12-18(16)21(24)28)11-19(26-20)13-6-9-27(10-7-13)22(29)30/h1-5,8,11-13,26H,6-7,9-10H2,(H2,24,28)(H,29,30). The molecule has 8 heteroatoms. The Morgan fingerprint density at radius 3 is 2.47 bits per heavy atom. The van der Waals surface area contributed by atoms with Gasteiger partial charge in [0.25, 0.3) is 5.91 Å². The second-order valence-corrected chi connectivity index (χ2v) is 7.35. The molecular formula is C22H21FN4O3. The van der Waals surface area contributed by atoms with Gasteiger partial charge in [0.1, 0.15) is 5.82 Å². The molecule has 0 atom stereocenters. The van der Waals surface area contributed by atoms with Crippen molar-refractivity contribution >= 4 is 12.0 Å². The second-order valence-electron chi connectivity index (χ2n) is 7.35. The van der Waals surface area contributed by atoms with Crippen molar-refractivity contribution in [3.63, 3.8) is 0 Å². The summed E-state index contributed by atoms with van der Waals surface area (Å²) in [5, 5.41) is 9.18. The molecule has 7 nitrogen and oxygen atoms in total. The van der Waals surface area contributed by atoms with Crippen LogP contribution in [-0.4, -0.2) is 45.1 Å². The van der Waals surface area contributed by atoms with Gasteiger partial charge in [-0.15, -0.1) is 0 Å². The second kappa shape index (κ2) is 7.98. The average Bonchev–Trinajstić information content (AvgIpc) is 3.19. The number of aromatic nitrogens is 2. The van der Waals surface area contributed by atoms with E-state index in [0.717, 1.165) is 22.5 Å². The molecule has 1 saturated heterocycles. The molecule has 0 aliphatic carbocycles. The van der Waals surface area contributed by atoms with Gasteiger partial charge in [-0.1, -0.05) is 0 Å². The maximum absolute atomic E-state index is 13.5. The Hall–Kier alpha value is -3.68. The monoisotopic (exact) mass is 408 g/mol. The third kappa shape index (κ3) is 3.76. The molecule has 0 saturated carbocycles. The number of aromatic amines is 1. The summed E-state index contributed by atoms with van der Waals surface area (Å²) < 4.78 is 13.5. The largest absolute Gasteiger partial charge is 0.465 e.